The molecule has 3 rings (SSSR count). The molecule has 31 heavy (non-hydrogen) atoms. The lowest BCUT2D eigenvalue weighted by atomic mass is 10.2. The third-order valence-corrected chi connectivity index (χ3v) is 4.90. The number of anilines is 1. The molecular weight excluding hydrogens is 461 g/mol. The molecule has 0 amide bonds. The minimum Gasteiger partial charge on any atom is -0.487 e. The van der Waals surface area contributed by atoms with E-state index < -0.39 is 33.8 Å². The van der Waals surface area contributed by atoms with Crippen molar-refractivity contribution in [3.8, 4) is 11.4 Å². The summed E-state index contributed by atoms with van der Waals surface area (Å²) >= 11 is 5.82. The van der Waals surface area contributed by atoms with Crippen LogP contribution in [0.2, 0.25) is 5.02 Å². The summed E-state index contributed by atoms with van der Waals surface area (Å²) in [5, 5.41) is 4.15. The fourth-order valence-corrected chi connectivity index (χ4v) is 3.39. The Kier molecular flexibility index (Phi) is 6.32. The van der Waals surface area contributed by atoms with Gasteiger partial charge in [0.05, 0.1) is 11.9 Å². The molecule has 0 fully saturated rings. The van der Waals surface area contributed by atoms with Crippen molar-refractivity contribution >= 4 is 27.3 Å². The molecule has 0 bridgehead atoms. The molecule has 8 nitrogen and oxygen atoms in total. The normalized spacial score (nSPS) is 11.7. The third-order valence-electron chi connectivity index (χ3n) is 4.06. The topological polar surface area (TPSA) is 95.2 Å². The molecule has 0 aliphatic carbocycles. The molecule has 13 heteroatoms. The van der Waals surface area contributed by atoms with E-state index in [1.54, 1.807) is 24.3 Å². The summed E-state index contributed by atoms with van der Waals surface area (Å²) in [5.41, 5.74) is -1.35. The molecule has 1 N–H and O–H groups in total. The van der Waals surface area contributed by atoms with E-state index in [1.165, 1.54) is 0 Å². The highest BCUT2D eigenvalue weighted by Gasteiger charge is 2.22. The van der Waals surface area contributed by atoms with Crippen molar-refractivity contribution < 1.29 is 26.3 Å². The summed E-state index contributed by atoms with van der Waals surface area (Å²) in [6, 6.07) is 8.34. The molecule has 0 radical (unpaired) electrons. The van der Waals surface area contributed by atoms with Gasteiger partial charge in [-0.25, -0.2) is 22.2 Å². The quantitative estimate of drug-likeness (QED) is 0.563. The van der Waals surface area contributed by atoms with Crippen LogP contribution in [0.15, 0.2) is 41.2 Å². The first-order chi connectivity index (χ1) is 14.5. The van der Waals surface area contributed by atoms with Gasteiger partial charge in [-0.15, -0.1) is 5.10 Å². The Morgan fingerprint density at radius 1 is 1.23 bits per heavy atom. The van der Waals surface area contributed by atoms with Gasteiger partial charge < -0.3 is 4.74 Å². The van der Waals surface area contributed by atoms with Gasteiger partial charge in [-0.05, 0) is 30.7 Å². The van der Waals surface area contributed by atoms with Gasteiger partial charge in [-0.3, -0.25) is 4.72 Å². The number of benzene rings is 2. The molecular formula is C18H16ClF3N4O4S. The predicted octanol–water partition coefficient (Wildman–Crippen LogP) is 3.48. The zero-order chi connectivity index (χ0) is 22.9. The van der Waals surface area contributed by atoms with Crippen molar-refractivity contribution in [3.63, 3.8) is 0 Å². The standard InChI is InChI=1S/C18H16ClF3N4O4S/c1-10-23-26(18(27)25(10)17(21)22)15-8-14(24-31(2,28)29)16(7-13(15)20)30-9-11-3-5-12(19)6-4-11/h3-8,17,24H,9H2,1-2H3. The summed E-state index contributed by atoms with van der Waals surface area (Å²) in [6.07, 6.45) is 0.862. The van der Waals surface area contributed by atoms with E-state index in [0.717, 1.165) is 25.3 Å². The van der Waals surface area contributed by atoms with Crippen LogP contribution < -0.4 is 15.1 Å². The minimum atomic E-state index is -3.83. The van der Waals surface area contributed by atoms with Gasteiger partial charge in [0.1, 0.15) is 23.9 Å². The lowest BCUT2D eigenvalue weighted by Crippen LogP contribution is -2.25. The molecule has 0 atom stereocenters. The van der Waals surface area contributed by atoms with Gasteiger partial charge in [0, 0.05) is 11.1 Å². The zero-order valence-corrected chi connectivity index (χ0v) is 17.7. The molecule has 3 aromatic rings. The number of rotatable bonds is 7. The number of alkyl halides is 2. The second-order valence-corrected chi connectivity index (χ2v) is 8.66. The first kappa shape index (κ1) is 22.7. The molecule has 1 heterocycles. The van der Waals surface area contributed by atoms with Crippen LogP contribution in [0, 0.1) is 12.7 Å². The number of hydrogen-bond acceptors (Lipinski definition) is 5. The van der Waals surface area contributed by atoms with Gasteiger partial charge in [0.25, 0.3) is 0 Å². The summed E-state index contributed by atoms with van der Waals surface area (Å²) in [6.45, 7) is -2.07. The van der Waals surface area contributed by atoms with Gasteiger partial charge in [-0.1, -0.05) is 23.7 Å². The van der Waals surface area contributed by atoms with Gasteiger partial charge >= 0.3 is 12.2 Å². The van der Waals surface area contributed by atoms with Crippen LogP contribution >= 0.6 is 11.6 Å². The average molecular weight is 477 g/mol. The van der Waals surface area contributed by atoms with Gasteiger partial charge in [0.15, 0.2) is 5.82 Å². The number of hydrogen-bond donors (Lipinski definition) is 1. The number of ether oxygens (including phenoxy) is 1. The Bertz CT molecular complexity index is 1270. The van der Waals surface area contributed by atoms with Crippen molar-refractivity contribution in [1.29, 1.82) is 0 Å². The first-order valence-electron chi connectivity index (χ1n) is 8.61. The maximum atomic E-state index is 14.8. The Balaban J connectivity index is 2.05. The van der Waals surface area contributed by atoms with Crippen molar-refractivity contribution in [2.45, 2.75) is 20.1 Å². The molecule has 0 aliphatic heterocycles. The fourth-order valence-electron chi connectivity index (χ4n) is 2.70. The van der Waals surface area contributed by atoms with Crippen LogP contribution in [-0.2, 0) is 16.6 Å². The van der Waals surface area contributed by atoms with Crippen LogP contribution in [0.1, 0.15) is 17.9 Å². The monoisotopic (exact) mass is 476 g/mol. The number of nitrogens with one attached hydrogen (secondary N) is 1. The van der Waals surface area contributed by atoms with Gasteiger partial charge in [-0.2, -0.15) is 13.5 Å². The molecule has 2 aromatic carbocycles. The Morgan fingerprint density at radius 3 is 2.42 bits per heavy atom. The van der Waals surface area contributed by atoms with Crippen molar-refractivity contribution in [2.75, 3.05) is 11.0 Å². The van der Waals surface area contributed by atoms with E-state index in [2.05, 4.69) is 9.82 Å². The fraction of sp³-hybridized carbons (Fsp3) is 0.222. The summed E-state index contributed by atoms with van der Waals surface area (Å²) < 4.78 is 72.6. The minimum absolute atomic E-state index is 0.0482. The molecule has 166 valence electrons. The summed E-state index contributed by atoms with van der Waals surface area (Å²) in [5.74, 6) is -1.56. The maximum absolute atomic E-state index is 14.8. The molecule has 0 aliphatic rings. The number of nitrogens with zero attached hydrogens (tertiary/aromatic N) is 3. The SMILES string of the molecule is Cc1nn(-c2cc(NS(C)(=O)=O)c(OCc3ccc(Cl)cc3)cc2F)c(=O)n1C(F)F. The highest BCUT2D eigenvalue weighted by Crippen LogP contribution is 2.31. The second kappa shape index (κ2) is 8.63. The van der Waals surface area contributed by atoms with Crippen LogP contribution in [0.25, 0.3) is 5.69 Å². The molecule has 0 spiro atoms. The Labute approximate surface area is 179 Å². The second-order valence-electron chi connectivity index (χ2n) is 6.48. The molecule has 1 aromatic heterocycles. The van der Waals surface area contributed by atoms with Crippen LogP contribution in [0.5, 0.6) is 5.75 Å². The van der Waals surface area contributed by atoms with Gasteiger partial charge in [0.2, 0.25) is 10.0 Å². The van der Waals surface area contributed by atoms with Crippen LogP contribution in [-0.4, -0.2) is 29.0 Å². The van der Waals surface area contributed by atoms with E-state index in [4.69, 9.17) is 16.3 Å². The highest BCUT2D eigenvalue weighted by molar-refractivity contribution is 7.92. The maximum Gasteiger partial charge on any atom is 0.355 e. The smallest absolute Gasteiger partial charge is 0.355 e. The van der Waals surface area contributed by atoms with Crippen molar-refractivity contribution in [2.24, 2.45) is 0 Å². The number of aryl methyl sites for hydroxylation is 1. The molecule has 0 unspecified atom stereocenters. The lowest BCUT2D eigenvalue weighted by Gasteiger charge is -2.15. The highest BCUT2D eigenvalue weighted by atomic mass is 35.5. The number of halogens is 4. The predicted molar refractivity (Wildman–Crippen MR) is 108 cm³/mol. The Hall–Kier alpha value is -2.99. The number of sulfonamides is 1. The van der Waals surface area contributed by atoms with E-state index >= 15 is 0 Å². The van der Waals surface area contributed by atoms with Crippen LogP contribution in [0.4, 0.5) is 18.9 Å². The number of aromatic nitrogens is 3. The van der Waals surface area contributed by atoms with E-state index in [-0.39, 0.29) is 28.4 Å². The van der Waals surface area contributed by atoms with E-state index in [9.17, 15) is 26.4 Å². The van der Waals surface area contributed by atoms with Crippen molar-refractivity contribution in [3.05, 3.63) is 69.1 Å². The van der Waals surface area contributed by atoms with E-state index in [0.29, 0.717) is 15.3 Å². The average Bonchev–Trinajstić information content (AvgIpc) is 2.96. The third kappa shape index (κ3) is 5.20. The van der Waals surface area contributed by atoms with Crippen LogP contribution in [0.3, 0.4) is 0 Å². The first-order valence-corrected chi connectivity index (χ1v) is 10.9. The lowest BCUT2D eigenvalue weighted by molar-refractivity contribution is 0.0640. The zero-order valence-electron chi connectivity index (χ0n) is 16.1. The Morgan fingerprint density at radius 2 is 1.87 bits per heavy atom. The van der Waals surface area contributed by atoms with E-state index in [1.807, 2.05) is 0 Å². The molecule has 0 saturated heterocycles. The molecule has 0 saturated carbocycles. The summed E-state index contributed by atoms with van der Waals surface area (Å²) in [7, 11) is -3.83. The van der Waals surface area contributed by atoms with Crippen molar-refractivity contribution in [1.82, 2.24) is 14.3 Å². The largest absolute Gasteiger partial charge is 0.487 e. The summed E-state index contributed by atoms with van der Waals surface area (Å²) in [4.78, 5) is 12.2.